The smallest absolute Gasteiger partial charge is 0.264 e. The first-order valence-electron chi connectivity index (χ1n) is 9.35. The summed E-state index contributed by atoms with van der Waals surface area (Å²) < 4.78 is 0. The standard InChI is InChI=1S/C19H20N4O4/c24-15-5-4-14(17(25)21-15)23-18(26)12-2-1-3-13(16(12)19(23)27)22-8-10-6-20-7-11(10)9-22/h1-3,10-11,14,20H,4-9H2,(H,21,24,25). The van der Waals surface area contributed by atoms with Crippen molar-refractivity contribution < 1.29 is 19.2 Å². The van der Waals surface area contributed by atoms with Gasteiger partial charge in [-0.15, -0.1) is 0 Å². The SMILES string of the molecule is O=C1CCC(N2C(=O)c3cccc(N4CC5CNCC5C4)c3C2=O)C(=O)N1. The van der Waals surface area contributed by atoms with Crippen molar-refractivity contribution in [2.75, 3.05) is 31.1 Å². The lowest BCUT2D eigenvalue weighted by molar-refractivity contribution is -0.136. The van der Waals surface area contributed by atoms with Crippen molar-refractivity contribution in [3.05, 3.63) is 29.3 Å². The Morgan fingerprint density at radius 1 is 0.963 bits per heavy atom. The van der Waals surface area contributed by atoms with Crippen molar-refractivity contribution in [2.45, 2.75) is 18.9 Å². The maximum Gasteiger partial charge on any atom is 0.264 e. The van der Waals surface area contributed by atoms with Gasteiger partial charge in [-0.25, -0.2) is 0 Å². The van der Waals surface area contributed by atoms with Gasteiger partial charge in [0.15, 0.2) is 0 Å². The molecule has 8 heteroatoms. The first-order chi connectivity index (χ1) is 13.0. The number of amides is 4. The second-order valence-corrected chi connectivity index (χ2v) is 7.73. The Bertz CT molecular complexity index is 870. The topological polar surface area (TPSA) is 98.8 Å². The van der Waals surface area contributed by atoms with Gasteiger partial charge < -0.3 is 10.2 Å². The number of rotatable bonds is 2. The molecule has 4 aliphatic heterocycles. The summed E-state index contributed by atoms with van der Waals surface area (Å²) in [5.74, 6) is -0.726. The molecule has 5 rings (SSSR count). The molecule has 0 bridgehead atoms. The predicted molar refractivity (Wildman–Crippen MR) is 95.2 cm³/mol. The van der Waals surface area contributed by atoms with Crippen molar-refractivity contribution in [2.24, 2.45) is 11.8 Å². The van der Waals surface area contributed by atoms with E-state index in [9.17, 15) is 19.2 Å². The van der Waals surface area contributed by atoms with E-state index < -0.39 is 23.8 Å². The van der Waals surface area contributed by atoms with Crippen LogP contribution in [0.2, 0.25) is 0 Å². The van der Waals surface area contributed by atoms with Gasteiger partial charge in [-0.05, 0) is 30.4 Å². The maximum atomic E-state index is 13.2. The Morgan fingerprint density at radius 3 is 2.41 bits per heavy atom. The van der Waals surface area contributed by atoms with Crippen LogP contribution >= 0.6 is 0 Å². The molecule has 4 aliphatic rings. The minimum atomic E-state index is -0.926. The molecule has 140 valence electrons. The minimum absolute atomic E-state index is 0.124. The van der Waals surface area contributed by atoms with E-state index in [1.54, 1.807) is 12.1 Å². The van der Waals surface area contributed by atoms with Gasteiger partial charge in [0.05, 0.1) is 16.8 Å². The normalized spacial score (nSPS) is 30.0. The van der Waals surface area contributed by atoms with Gasteiger partial charge in [-0.3, -0.25) is 29.4 Å². The van der Waals surface area contributed by atoms with Crippen LogP contribution in [0.1, 0.15) is 33.6 Å². The summed E-state index contributed by atoms with van der Waals surface area (Å²) in [6.07, 6.45) is 0.296. The fraction of sp³-hybridized carbons (Fsp3) is 0.474. The molecule has 3 fully saturated rings. The summed E-state index contributed by atoms with van der Waals surface area (Å²) >= 11 is 0. The van der Waals surface area contributed by atoms with Gasteiger partial charge >= 0.3 is 0 Å². The van der Waals surface area contributed by atoms with Gasteiger partial charge in [0, 0.05) is 32.6 Å². The zero-order chi connectivity index (χ0) is 18.7. The lowest BCUT2D eigenvalue weighted by Crippen LogP contribution is -2.54. The van der Waals surface area contributed by atoms with E-state index in [1.165, 1.54) is 0 Å². The third-order valence-corrected chi connectivity index (χ3v) is 6.18. The molecule has 2 N–H and O–H groups in total. The average molecular weight is 368 g/mol. The molecule has 1 aromatic carbocycles. The van der Waals surface area contributed by atoms with E-state index >= 15 is 0 Å². The van der Waals surface area contributed by atoms with Crippen LogP contribution in [0.15, 0.2) is 18.2 Å². The van der Waals surface area contributed by atoms with Gasteiger partial charge in [-0.2, -0.15) is 0 Å². The first kappa shape index (κ1) is 16.4. The van der Waals surface area contributed by atoms with Gasteiger partial charge in [-0.1, -0.05) is 6.07 Å². The highest BCUT2D eigenvalue weighted by Crippen LogP contribution is 2.38. The van der Waals surface area contributed by atoms with Crippen LogP contribution in [0.5, 0.6) is 0 Å². The van der Waals surface area contributed by atoms with Crippen LogP contribution in [-0.2, 0) is 9.59 Å². The van der Waals surface area contributed by atoms with Crippen LogP contribution in [0, 0.1) is 11.8 Å². The second-order valence-electron chi connectivity index (χ2n) is 7.73. The molecular weight excluding hydrogens is 348 g/mol. The van der Waals surface area contributed by atoms with Crippen molar-refractivity contribution in [3.63, 3.8) is 0 Å². The van der Waals surface area contributed by atoms with E-state index in [0.29, 0.717) is 23.0 Å². The van der Waals surface area contributed by atoms with E-state index in [2.05, 4.69) is 15.5 Å². The van der Waals surface area contributed by atoms with E-state index in [1.807, 2.05) is 6.07 Å². The summed E-state index contributed by atoms with van der Waals surface area (Å²) in [7, 11) is 0. The summed E-state index contributed by atoms with van der Waals surface area (Å²) in [6.45, 7) is 3.67. The molecule has 0 aromatic heterocycles. The number of nitrogens with zero attached hydrogens (tertiary/aromatic N) is 2. The molecule has 3 unspecified atom stereocenters. The van der Waals surface area contributed by atoms with Crippen LogP contribution in [-0.4, -0.2) is 60.7 Å². The lowest BCUT2D eigenvalue weighted by atomic mass is 10.0. The highest BCUT2D eigenvalue weighted by molar-refractivity contribution is 6.25. The zero-order valence-corrected chi connectivity index (χ0v) is 14.7. The van der Waals surface area contributed by atoms with E-state index in [-0.39, 0.29) is 18.7 Å². The maximum absolute atomic E-state index is 13.2. The predicted octanol–water partition coefficient (Wildman–Crippen LogP) is -0.257. The van der Waals surface area contributed by atoms with Crippen LogP contribution < -0.4 is 15.5 Å². The number of hydrogen-bond donors (Lipinski definition) is 2. The highest BCUT2D eigenvalue weighted by Gasteiger charge is 2.47. The fourth-order valence-corrected chi connectivity index (χ4v) is 4.81. The van der Waals surface area contributed by atoms with Crippen LogP contribution in [0.25, 0.3) is 0 Å². The van der Waals surface area contributed by atoms with Crippen molar-refractivity contribution in [1.29, 1.82) is 0 Å². The first-order valence-corrected chi connectivity index (χ1v) is 9.35. The Morgan fingerprint density at radius 2 is 1.70 bits per heavy atom. The Kier molecular flexibility index (Phi) is 3.58. The molecule has 3 saturated heterocycles. The quantitative estimate of drug-likeness (QED) is 0.698. The number of benzene rings is 1. The summed E-state index contributed by atoms with van der Waals surface area (Å²) in [5, 5.41) is 5.62. The molecular formula is C19H20N4O4. The summed E-state index contributed by atoms with van der Waals surface area (Å²) in [6, 6.07) is 4.39. The molecule has 1 aromatic rings. The largest absolute Gasteiger partial charge is 0.370 e. The minimum Gasteiger partial charge on any atom is -0.370 e. The van der Waals surface area contributed by atoms with Crippen molar-refractivity contribution in [3.8, 4) is 0 Å². The molecule has 0 spiro atoms. The molecule has 8 nitrogen and oxygen atoms in total. The monoisotopic (exact) mass is 368 g/mol. The van der Waals surface area contributed by atoms with E-state index in [4.69, 9.17) is 0 Å². The lowest BCUT2D eigenvalue weighted by Gasteiger charge is -2.28. The second kappa shape index (κ2) is 5.88. The van der Waals surface area contributed by atoms with Gasteiger partial charge in [0.25, 0.3) is 11.8 Å². The number of carbonyl (C=O) groups excluding carboxylic acids is 4. The molecule has 0 aliphatic carbocycles. The van der Waals surface area contributed by atoms with Crippen molar-refractivity contribution >= 4 is 29.3 Å². The Balaban J connectivity index is 1.48. The molecule has 0 saturated carbocycles. The zero-order valence-electron chi connectivity index (χ0n) is 14.7. The third kappa shape index (κ3) is 2.39. The number of carbonyl (C=O) groups is 4. The fourth-order valence-electron chi connectivity index (χ4n) is 4.81. The third-order valence-electron chi connectivity index (χ3n) is 6.18. The number of imide groups is 2. The molecule has 0 radical (unpaired) electrons. The van der Waals surface area contributed by atoms with Crippen LogP contribution in [0.4, 0.5) is 5.69 Å². The van der Waals surface area contributed by atoms with Gasteiger partial charge in [0.2, 0.25) is 11.8 Å². The Labute approximate surface area is 155 Å². The number of piperidine rings is 1. The molecule has 4 heterocycles. The average Bonchev–Trinajstić information content (AvgIpc) is 3.30. The highest BCUT2D eigenvalue weighted by atomic mass is 16.2. The summed E-state index contributed by atoms with van der Waals surface area (Å²) in [5.41, 5.74) is 1.51. The van der Waals surface area contributed by atoms with E-state index in [0.717, 1.165) is 36.8 Å². The number of fused-ring (bicyclic) bond motifs is 2. The molecule has 3 atom stereocenters. The van der Waals surface area contributed by atoms with Crippen molar-refractivity contribution in [1.82, 2.24) is 15.5 Å². The van der Waals surface area contributed by atoms with Crippen LogP contribution in [0.3, 0.4) is 0 Å². The molecule has 4 amide bonds. The number of nitrogens with one attached hydrogen (secondary N) is 2. The Hall–Kier alpha value is -2.74. The number of hydrogen-bond acceptors (Lipinski definition) is 6. The number of anilines is 1. The van der Waals surface area contributed by atoms with Gasteiger partial charge in [0.1, 0.15) is 6.04 Å². The molecule has 27 heavy (non-hydrogen) atoms. The summed E-state index contributed by atoms with van der Waals surface area (Å²) in [4.78, 5) is 52.9.